The molecule has 0 atom stereocenters. The monoisotopic (exact) mass is 800 g/mol. The molecule has 0 heterocycles. The number of rotatable bonds is 0. The summed E-state index contributed by atoms with van der Waals surface area (Å²) in [6.45, 7) is 0. The van der Waals surface area contributed by atoms with Crippen molar-refractivity contribution in [2.75, 3.05) is 0 Å². The molecule has 0 unspecified atom stereocenters. The van der Waals surface area contributed by atoms with E-state index in [1.165, 1.54) is 0 Å². The Morgan fingerprint density at radius 3 is 0.688 bits per heavy atom. The van der Waals surface area contributed by atoms with E-state index in [4.69, 9.17) is 0 Å². The molecule has 12 aromatic carbocycles. The van der Waals surface area contributed by atoms with E-state index in [9.17, 15) is 0 Å². The van der Waals surface area contributed by atoms with E-state index in [-0.39, 0.29) is 0 Å². The molecule has 0 heteroatoms. The normalized spacial score (nSPS) is 11.8. The van der Waals surface area contributed by atoms with Crippen molar-refractivity contribution in [3.8, 4) is 47.4 Å². The second-order valence-electron chi connectivity index (χ2n) is 16.6. The zero-order valence-electron chi connectivity index (χ0n) is 34.5. The SMILES string of the molecule is C1#Cc2cccc3cc4cccc(c4cc23)C#Cc2c3ccccc3c(c3ccccc23)C#Cc2cccc3cc4cccc(c4cc23)C#Cc2cccc3cc4c1cccc4cc23. The van der Waals surface area contributed by atoms with Gasteiger partial charge in [-0.25, -0.2) is 0 Å². The first-order valence-corrected chi connectivity index (χ1v) is 21.6. The third-order valence-electron chi connectivity index (χ3n) is 12.9. The molecular formula is C64H32. The van der Waals surface area contributed by atoms with Crippen LogP contribution in [0.1, 0.15) is 44.5 Å². The summed E-state index contributed by atoms with van der Waals surface area (Å²) in [5.74, 6) is 29.1. The van der Waals surface area contributed by atoms with Gasteiger partial charge in [-0.3, -0.25) is 0 Å². The number of hydrogen-bond donors (Lipinski definition) is 0. The standard InChI is InChI=1S/C64H32/c1-2-24-54-53(23-1)57-33-31-45-15-7-19-49-35-47-17-5-13-43(61(47)39-63(45)49)29-27-41-11-9-21-51-38-60-42(12-10-22-52(60)37-59(41)51)28-30-44-14-6-18-48-36-50-20-8-16-46(64(50)40-62(44)48)32-34-58(54)56-26-4-3-25-55(56)57/h1-26,35-40H. The quantitative estimate of drug-likeness (QED) is 0.106. The van der Waals surface area contributed by atoms with Gasteiger partial charge in [0.2, 0.25) is 0 Å². The van der Waals surface area contributed by atoms with Crippen LogP contribution < -0.4 is 0 Å². The van der Waals surface area contributed by atoms with Gasteiger partial charge in [-0.15, -0.1) is 0 Å². The van der Waals surface area contributed by atoms with Gasteiger partial charge in [0, 0.05) is 44.5 Å². The number of benzene rings is 12. The van der Waals surface area contributed by atoms with Crippen LogP contribution in [0.5, 0.6) is 0 Å². The second-order valence-corrected chi connectivity index (χ2v) is 16.6. The van der Waals surface area contributed by atoms with Crippen LogP contribution in [-0.4, -0.2) is 0 Å². The summed E-state index contributed by atoms with van der Waals surface area (Å²) in [6, 6.07) is 69.2. The summed E-state index contributed by atoms with van der Waals surface area (Å²) in [4.78, 5) is 0. The van der Waals surface area contributed by atoms with Gasteiger partial charge >= 0.3 is 0 Å². The Balaban J connectivity index is 1.11. The maximum atomic E-state index is 3.70. The fourth-order valence-electron chi connectivity index (χ4n) is 9.74. The minimum Gasteiger partial charge on any atom is -0.0616 e. The lowest BCUT2D eigenvalue weighted by Crippen LogP contribution is -1.91. The van der Waals surface area contributed by atoms with Crippen LogP contribution in [0.25, 0.3) is 86.2 Å². The molecule has 0 amide bonds. The highest BCUT2D eigenvalue weighted by Gasteiger charge is 2.13. The lowest BCUT2D eigenvalue weighted by atomic mass is 9.91. The minimum atomic E-state index is 0.976. The van der Waals surface area contributed by atoms with Crippen LogP contribution in [0.3, 0.4) is 0 Å². The molecule has 64 heavy (non-hydrogen) atoms. The van der Waals surface area contributed by atoms with Crippen LogP contribution in [0.4, 0.5) is 0 Å². The fraction of sp³-hybridized carbons (Fsp3) is 0. The van der Waals surface area contributed by atoms with Crippen molar-refractivity contribution in [2.24, 2.45) is 0 Å². The zero-order chi connectivity index (χ0) is 42.1. The first-order valence-electron chi connectivity index (χ1n) is 21.6. The molecule has 12 aromatic rings. The molecule has 0 aromatic heterocycles. The summed E-state index contributed by atoms with van der Waals surface area (Å²) in [6.07, 6.45) is 0. The minimum absolute atomic E-state index is 0.976. The van der Waals surface area contributed by atoms with Crippen LogP contribution in [0.15, 0.2) is 194 Å². The maximum absolute atomic E-state index is 3.70. The summed E-state index contributed by atoms with van der Waals surface area (Å²) >= 11 is 0. The molecule has 0 aliphatic heterocycles. The zero-order valence-corrected chi connectivity index (χ0v) is 34.5. The van der Waals surface area contributed by atoms with E-state index < -0.39 is 0 Å². The molecular weight excluding hydrogens is 769 g/mol. The molecule has 0 saturated heterocycles. The maximum Gasteiger partial charge on any atom is 0.0406 e. The first-order chi connectivity index (χ1) is 31.7. The van der Waals surface area contributed by atoms with E-state index in [2.05, 4.69) is 241 Å². The highest BCUT2D eigenvalue weighted by Crippen LogP contribution is 2.35. The average Bonchev–Trinajstić information content (AvgIpc) is 3.34. The Labute approximate surface area is 370 Å². The Morgan fingerprint density at radius 1 is 0.172 bits per heavy atom. The molecule has 16 rings (SSSR count). The van der Waals surface area contributed by atoms with Gasteiger partial charge in [-0.05, 0) is 159 Å². The van der Waals surface area contributed by atoms with Gasteiger partial charge in [0.05, 0.1) is 0 Å². The number of hydrogen-bond acceptors (Lipinski definition) is 0. The van der Waals surface area contributed by atoms with Gasteiger partial charge in [0.15, 0.2) is 0 Å². The third-order valence-corrected chi connectivity index (χ3v) is 12.9. The molecule has 0 N–H and O–H groups in total. The highest BCUT2D eigenvalue weighted by molar-refractivity contribution is 6.11. The molecule has 0 fully saturated rings. The van der Waals surface area contributed by atoms with Gasteiger partial charge in [-0.1, -0.05) is 169 Å². The van der Waals surface area contributed by atoms with Gasteiger partial charge in [0.25, 0.3) is 0 Å². The molecule has 4 aliphatic carbocycles. The molecule has 288 valence electrons. The Hall–Kier alpha value is -9.04. The van der Waals surface area contributed by atoms with Crippen molar-refractivity contribution in [1.29, 1.82) is 0 Å². The molecule has 0 radical (unpaired) electrons. The Kier molecular flexibility index (Phi) is 7.96. The van der Waals surface area contributed by atoms with Crippen LogP contribution in [-0.2, 0) is 0 Å². The van der Waals surface area contributed by atoms with Gasteiger partial charge < -0.3 is 0 Å². The van der Waals surface area contributed by atoms with E-state index in [1.807, 2.05) is 0 Å². The van der Waals surface area contributed by atoms with Crippen LogP contribution in [0.2, 0.25) is 0 Å². The fourth-order valence-corrected chi connectivity index (χ4v) is 9.74. The highest BCUT2D eigenvalue weighted by atomic mass is 14.2. The average molecular weight is 801 g/mol. The Morgan fingerprint density at radius 2 is 0.406 bits per heavy atom. The van der Waals surface area contributed by atoms with Crippen molar-refractivity contribution in [3.05, 3.63) is 239 Å². The topological polar surface area (TPSA) is 0 Å². The van der Waals surface area contributed by atoms with Gasteiger partial charge in [0.1, 0.15) is 0 Å². The molecule has 0 spiro atoms. The summed E-state index contributed by atoms with van der Waals surface area (Å²) in [5, 5.41) is 17.9. The predicted octanol–water partition coefficient (Wildman–Crippen LogP) is 14.8. The first kappa shape index (κ1) is 35.7. The van der Waals surface area contributed by atoms with Crippen molar-refractivity contribution in [3.63, 3.8) is 0 Å². The predicted molar refractivity (Wildman–Crippen MR) is 270 cm³/mol. The van der Waals surface area contributed by atoms with E-state index in [0.29, 0.717) is 0 Å². The molecule has 12 bridgehead atoms. The van der Waals surface area contributed by atoms with E-state index in [1.54, 1.807) is 0 Å². The van der Waals surface area contributed by atoms with Crippen molar-refractivity contribution < 1.29 is 0 Å². The summed E-state index contributed by atoms with van der Waals surface area (Å²) < 4.78 is 0. The molecule has 0 saturated carbocycles. The van der Waals surface area contributed by atoms with Crippen molar-refractivity contribution in [2.45, 2.75) is 0 Å². The smallest absolute Gasteiger partial charge is 0.0406 e. The van der Waals surface area contributed by atoms with Crippen LogP contribution >= 0.6 is 0 Å². The molecule has 4 aliphatic rings. The van der Waals surface area contributed by atoms with Crippen molar-refractivity contribution in [1.82, 2.24) is 0 Å². The lowest BCUT2D eigenvalue weighted by Gasteiger charge is -2.11. The van der Waals surface area contributed by atoms with Crippen LogP contribution in [0, 0.1) is 47.4 Å². The summed E-state index contributed by atoms with van der Waals surface area (Å²) in [5.41, 5.74) is 7.90. The molecule has 0 nitrogen and oxygen atoms in total. The Bertz CT molecular complexity index is 3980. The van der Waals surface area contributed by atoms with Crippen molar-refractivity contribution >= 4 is 86.2 Å². The second kappa shape index (κ2) is 14.3. The van der Waals surface area contributed by atoms with E-state index >= 15 is 0 Å². The lowest BCUT2D eigenvalue weighted by molar-refractivity contribution is 1.67. The van der Waals surface area contributed by atoms with Gasteiger partial charge in [-0.2, -0.15) is 0 Å². The largest absolute Gasteiger partial charge is 0.0616 e. The van der Waals surface area contributed by atoms with E-state index in [0.717, 1.165) is 131 Å². The third kappa shape index (κ3) is 5.80. The summed E-state index contributed by atoms with van der Waals surface area (Å²) in [7, 11) is 0.